The van der Waals surface area contributed by atoms with Crippen molar-refractivity contribution in [3.63, 3.8) is 0 Å². The third-order valence-corrected chi connectivity index (χ3v) is 4.49. The van der Waals surface area contributed by atoms with E-state index in [-0.39, 0.29) is 29.3 Å². The van der Waals surface area contributed by atoms with Crippen LogP contribution in [0.25, 0.3) is 10.9 Å². The molecule has 0 bridgehead atoms. The van der Waals surface area contributed by atoms with Gasteiger partial charge in [-0.3, -0.25) is 10.1 Å². The highest BCUT2D eigenvalue weighted by Gasteiger charge is 2.16. The minimum absolute atomic E-state index is 0.0288. The number of hydrogen-bond acceptors (Lipinski definition) is 8. The maximum Gasteiger partial charge on any atom is 0.397 e. The Morgan fingerprint density at radius 3 is 2.41 bits per heavy atom. The van der Waals surface area contributed by atoms with Crippen LogP contribution in [-0.2, 0) is 6.61 Å². The molecule has 3 rings (SSSR count). The van der Waals surface area contributed by atoms with E-state index in [1.54, 1.807) is 18.2 Å². The normalized spacial score (nSPS) is 10.6. The summed E-state index contributed by atoms with van der Waals surface area (Å²) >= 11 is 1.83. The number of hydrogen-bond donors (Lipinski definition) is 0. The van der Waals surface area contributed by atoms with Crippen LogP contribution in [0.5, 0.6) is 17.6 Å². The summed E-state index contributed by atoms with van der Waals surface area (Å²) in [6.07, 6.45) is -0.286. The van der Waals surface area contributed by atoms with Crippen LogP contribution in [-0.4, -0.2) is 24.1 Å². The van der Waals surface area contributed by atoms with Gasteiger partial charge in [0.1, 0.15) is 18.1 Å². The van der Waals surface area contributed by atoms with Gasteiger partial charge in [-0.05, 0) is 40.3 Å². The number of halogens is 1. The highest BCUT2D eigenvalue weighted by molar-refractivity contribution is 14.1. The van der Waals surface area contributed by atoms with Crippen LogP contribution in [0.3, 0.4) is 0 Å². The van der Waals surface area contributed by atoms with E-state index in [4.69, 9.17) is 18.6 Å². The second kappa shape index (κ2) is 7.78. The van der Waals surface area contributed by atoms with Gasteiger partial charge in [-0.25, -0.2) is 4.79 Å². The first kappa shape index (κ1) is 18.9. The average Bonchev–Trinajstić information content (AvgIpc) is 2.65. The second-order valence-corrected chi connectivity index (χ2v) is 6.52. The first-order chi connectivity index (χ1) is 12.9. The molecule has 3 aromatic rings. The highest BCUT2D eigenvalue weighted by Crippen LogP contribution is 2.26. The summed E-state index contributed by atoms with van der Waals surface area (Å²) in [7, 11) is 3.05. The summed E-state index contributed by atoms with van der Waals surface area (Å²) in [5.41, 5.74) is -0.0292. The number of non-ortho nitro benzene ring substituents is 1. The van der Waals surface area contributed by atoms with E-state index in [2.05, 4.69) is 4.98 Å². The number of aromatic nitrogens is 1. The maximum absolute atomic E-state index is 12.2. The Balaban J connectivity index is 1.94. The van der Waals surface area contributed by atoms with E-state index < -0.39 is 10.5 Å². The van der Waals surface area contributed by atoms with Crippen molar-refractivity contribution in [2.24, 2.45) is 0 Å². The molecule has 0 radical (unpaired) electrons. The van der Waals surface area contributed by atoms with Gasteiger partial charge in [-0.2, -0.15) is 4.98 Å². The van der Waals surface area contributed by atoms with Gasteiger partial charge in [0.15, 0.2) is 0 Å². The standard InChI is InChI=1S/C17H13IN2O7/c1-24-11-3-9(4-12(7-11)25-2)8-26-17-19-14-6-10(20(22)23)5-13(18)15(14)16(21)27-17/h3-7H,8H2,1-2H3. The molecule has 9 nitrogen and oxygen atoms in total. The van der Waals surface area contributed by atoms with Crippen LogP contribution in [0.4, 0.5) is 5.69 Å². The number of nitro groups is 1. The Morgan fingerprint density at radius 2 is 1.81 bits per heavy atom. The topological polar surface area (TPSA) is 114 Å². The van der Waals surface area contributed by atoms with Crippen LogP contribution < -0.4 is 19.8 Å². The molecule has 1 aromatic heterocycles. The monoisotopic (exact) mass is 484 g/mol. The molecule has 0 amide bonds. The number of rotatable bonds is 6. The molecule has 0 fully saturated rings. The van der Waals surface area contributed by atoms with Crippen LogP contribution in [0.1, 0.15) is 5.56 Å². The van der Waals surface area contributed by atoms with Gasteiger partial charge in [-0.1, -0.05) is 0 Å². The molecule has 0 aliphatic rings. The molecule has 27 heavy (non-hydrogen) atoms. The smallest absolute Gasteiger partial charge is 0.397 e. The Bertz CT molecular complexity index is 1060. The number of fused-ring (bicyclic) bond motifs is 1. The summed E-state index contributed by atoms with van der Waals surface area (Å²) in [4.78, 5) is 26.8. The summed E-state index contributed by atoms with van der Waals surface area (Å²) in [5.74, 6) is 1.15. The molecule has 0 aliphatic heterocycles. The van der Waals surface area contributed by atoms with Crippen LogP contribution >= 0.6 is 22.6 Å². The largest absolute Gasteiger partial charge is 0.497 e. The molecule has 0 aliphatic carbocycles. The van der Waals surface area contributed by atoms with Gasteiger partial charge >= 0.3 is 11.7 Å². The lowest BCUT2D eigenvalue weighted by Crippen LogP contribution is -2.07. The molecule has 10 heteroatoms. The Hall–Kier alpha value is -2.89. The van der Waals surface area contributed by atoms with Crippen molar-refractivity contribution in [2.75, 3.05) is 14.2 Å². The fraction of sp³-hybridized carbons (Fsp3) is 0.176. The molecular formula is C17H13IN2O7. The lowest BCUT2D eigenvalue weighted by molar-refractivity contribution is -0.384. The highest BCUT2D eigenvalue weighted by atomic mass is 127. The third-order valence-electron chi connectivity index (χ3n) is 3.63. The fourth-order valence-electron chi connectivity index (χ4n) is 2.38. The molecule has 0 atom stereocenters. The number of methoxy groups -OCH3 is 2. The van der Waals surface area contributed by atoms with E-state index in [9.17, 15) is 14.9 Å². The number of nitro benzene ring substituents is 1. The number of nitrogens with zero attached hydrogens (tertiary/aromatic N) is 2. The third kappa shape index (κ3) is 4.10. The van der Waals surface area contributed by atoms with Crippen molar-refractivity contribution in [3.8, 4) is 17.6 Å². The number of ether oxygens (including phenoxy) is 3. The van der Waals surface area contributed by atoms with Gasteiger partial charge in [0.05, 0.1) is 30.0 Å². The van der Waals surface area contributed by atoms with Crippen molar-refractivity contribution in [2.45, 2.75) is 6.61 Å². The first-order valence-corrected chi connectivity index (χ1v) is 8.62. The zero-order valence-corrected chi connectivity index (χ0v) is 16.4. The number of benzene rings is 2. The maximum atomic E-state index is 12.2. The Kier molecular flexibility index (Phi) is 5.44. The van der Waals surface area contributed by atoms with E-state index in [0.717, 1.165) is 0 Å². The molecule has 140 valence electrons. The van der Waals surface area contributed by atoms with E-state index in [1.165, 1.54) is 26.4 Å². The van der Waals surface area contributed by atoms with Gasteiger partial charge in [0.2, 0.25) is 0 Å². The van der Waals surface area contributed by atoms with Crippen LogP contribution in [0, 0.1) is 13.7 Å². The van der Waals surface area contributed by atoms with E-state index in [0.29, 0.717) is 20.6 Å². The average molecular weight is 484 g/mol. The van der Waals surface area contributed by atoms with Crippen LogP contribution in [0.15, 0.2) is 39.5 Å². The van der Waals surface area contributed by atoms with Crippen molar-refractivity contribution < 1.29 is 23.6 Å². The summed E-state index contributed by atoms with van der Waals surface area (Å²) in [6, 6.07) is 7.66. The predicted molar refractivity (Wildman–Crippen MR) is 104 cm³/mol. The minimum atomic E-state index is -0.683. The SMILES string of the molecule is COc1cc(COc2nc3cc([N+](=O)[O-])cc(I)c3c(=O)o2)cc(OC)c1. The van der Waals surface area contributed by atoms with Gasteiger partial charge in [0, 0.05) is 21.8 Å². The van der Waals surface area contributed by atoms with Gasteiger partial charge in [-0.15, -0.1) is 0 Å². The summed E-state index contributed by atoms with van der Waals surface area (Å²) < 4.78 is 21.3. The van der Waals surface area contributed by atoms with Gasteiger partial charge in [0.25, 0.3) is 5.69 Å². The summed E-state index contributed by atoms with van der Waals surface area (Å²) in [6.45, 7) is 0.0288. The molecule has 0 saturated heterocycles. The molecule has 0 N–H and O–H groups in total. The molecule has 0 spiro atoms. The van der Waals surface area contributed by atoms with Crippen molar-refractivity contribution in [3.05, 3.63) is 60.0 Å². The second-order valence-electron chi connectivity index (χ2n) is 5.36. The molecular weight excluding hydrogens is 471 g/mol. The zero-order valence-electron chi connectivity index (χ0n) is 14.2. The van der Waals surface area contributed by atoms with Crippen LogP contribution in [0.2, 0.25) is 0 Å². The molecule has 1 heterocycles. The van der Waals surface area contributed by atoms with Crippen molar-refractivity contribution >= 4 is 39.2 Å². The van der Waals surface area contributed by atoms with E-state index >= 15 is 0 Å². The molecule has 0 unspecified atom stereocenters. The first-order valence-electron chi connectivity index (χ1n) is 7.55. The zero-order chi connectivity index (χ0) is 19.6. The van der Waals surface area contributed by atoms with Crippen molar-refractivity contribution in [1.82, 2.24) is 4.98 Å². The van der Waals surface area contributed by atoms with Crippen molar-refractivity contribution in [1.29, 1.82) is 0 Å². The molecule has 0 saturated carbocycles. The Labute approximate surface area is 166 Å². The lowest BCUT2D eigenvalue weighted by atomic mass is 10.2. The fourth-order valence-corrected chi connectivity index (χ4v) is 3.20. The predicted octanol–water partition coefficient (Wildman–Crippen LogP) is 3.30. The Morgan fingerprint density at radius 1 is 1.15 bits per heavy atom. The lowest BCUT2D eigenvalue weighted by Gasteiger charge is -2.09. The minimum Gasteiger partial charge on any atom is -0.497 e. The molecule has 2 aromatic carbocycles. The van der Waals surface area contributed by atoms with E-state index in [1.807, 2.05) is 22.6 Å². The van der Waals surface area contributed by atoms with Gasteiger partial charge < -0.3 is 18.6 Å². The quantitative estimate of drug-likeness (QED) is 0.298. The summed E-state index contributed by atoms with van der Waals surface area (Å²) in [5, 5.41) is 11.2.